The van der Waals surface area contributed by atoms with Gasteiger partial charge in [0.05, 0.1) is 25.3 Å². The minimum atomic E-state index is -0.298. The summed E-state index contributed by atoms with van der Waals surface area (Å²) >= 11 is 0. The van der Waals surface area contributed by atoms with Crippen molar-refractivity contribution in [3.63, 3.8) is 0 Å². The smallest absolute Gasteiger partial charge is 0.175 e. The lowest BCUT2D eigenvalue weighted by molar-refractivity contribution is -0.155. The molecule has 5 atom stereocenters. The third kappa shape index (κ3) is 2.40. The third-order valence-electron chi connectivity index (χ3n) is 3.78. The molecule has 1 aromatic carbocycles. The summed E-state index contributed by atoms with van der Waals surface area (Å²) in [5.74, 6) is 0. The Morgan fingerprint density at radius 1 is 1.32 bits per heavy atom. The number of aliphatic hydroxyl groups is 1. The molecule has 2 N–H and O–H groups in total. The molecule has 2 fully saturated rings. The molecule has 0 amide bonds. The number of hydrogen-bond acceptors (Lipinski definition) is 5. The zero-order valence-corrected chi connectivity index (χ0v) is 10.9. The van der Waals surface area contributed by atoms with Crippen molar-refractivity contribution < 1.29 is 19.3 Å². The maximum atomic E-state index is 9.31. The number of ether oxygens (including phenoxy) is 3. The molecule has 104 valence electrons. The molecule has 2 bridgehead atoms. The van der Waals surface area contributed by atoms with E-state index >= 15 is 0 Å². The maximum Gasteiger partial charge on any atom is 0.175 e. The largest absolute Gasteiger partial charge is 0.395 e. The van der Waals surface area contributed by atoms with Gasteiger partial charge in [0.2, 0.25) is 0 Å². The first-order valence-electron chi connectivity index (χ1n) is 6.54. The highest BCUT2D eigenvalue weighted by molar-refractivity contribution is 5.14. The first-order valence-corrected chi connectivity index (χ1v) is 6.54. The van der Waals surface area contributed by atoms with Gasteiger partial charge in [0.15, 0.2) is 6.29 Å². The number of morpholine rings is 1. The average Bonchev–Trinajstić information content (AvgIpc) is 2.99. The first-order chi connectivity index (χ1) is 9.33. The van der Waals surface area contributed by atoms with E-state index in [1.54, 1.807) is 7.11 Å². The first kappa shape index (κ1) is 13.0. The molecule has 2 aliphatic rings. The van der Waals surface area contributed by atoms with Crippen LogP contribution in [0.5, 0.6) is 0 Å². The molecule has 0 saturated carbocycles. The second-order valence-electron chi connectivity index (χ2n) is 4.95. The van der Waals surface area contributed by atoms with Crippen LogP contribution in [0.15, 0.2) is 30.3 Å². The normalized spacial score (nSPS) is 36.8. The second kappa shape index (κ2) is 5.56. The number of methoxy groups -OCH3 is 1. The van der Waals surface area contributed by atoms with Gasteiger partial charge in [0.1, 0.15) is 12.2 Å². The molecule has 3 rings (SSSR count). The molecule has 0 spiro atoms. The molecule has 5 heteroatoms. The Morgan fingerprint density at radius 3 is 2.79 bits per heavy atom. The van der Waals surface area contributed by atoms with Crippen LogP contribution in [0.1, 0.15) is 5.56 Å². The predicted molar refractivity (Wildman–Crippen MR) is 68.5 cm³/mol. The Kier molecular flexibility index (Phi) is 3.81. The summed E-state index contributed by atoms with van der Waals surface area (Å²) in [6.45, 7) is 0.584. The van der Waals surface area contributed by atoms with Gasteiger partial charge in [-0.15, -0.1) is 0 Å². The minimum absolute atomic E-state index is 0.0177. The van der Waals surface area contributed by atoms with Crippen LogP contribution in [0.4, 0.5) is 0 Å². The van der Waals surface area contributed by atoms with Crippen molar-refractivity contribution in [2.75, 3.05) is 13.7 Å². The number of hydrogen-bond donors (Lipinski definition) is 2. The molecule has 0 aliphatic carbocycles. The number of nitrogens with one attached hydrogen (secondary N) is 1. The molecular formula is C14H19NO4. The molecule has 2 aliphatic heterocycles. The van der Waals surface area contributed by atoms with E-state index < -0.39 is 0 Å². The van der Waals surface area contributed by atoms with E-state index in [4.69, 9.17) is 14.2 Å². The highest BCUT2D eigenvalue weighted by atomic mass is 16.7. The highest BCUT2D eigenvalue weighted by Crippen LogP contribution is 2.33. The van der Waals surface area contributed by atoms with E-state index in [9.17, 15) is 5.11 Å². The molecule has 0 aromatic heterocycles. The Labute approximate surface area is 112 Å². The van der Waals surface area contributed by atoms with Gasteiger partial charge in [0.25, 0.3) is 0 Å². The fourth-order valence-electron chi connectivity index (χ4n) is 2.84. The van der Waals surface area contributed by atoms with Crippen molar-refractivity contribution >= 4 is 0 Å². The summed E-state index contributed by atoms with van der Waals surface area (Å²) in [5.41, 5.74) is 1.13. The summed E-state index contributed by atoms with van der Waals surface area (Å²) in [4.78, 5) is 0. The van der Waals surface area contributed by atoms with Crippen LogP contribution in [-0.2, 0) is 20.8 Å². The highest BCUT2D eigenvalue weighted by Gasteiger charge is 2.55. The van der Waals surface area contributed by atoms with Crippen LogP contribution in [0.2, 0.25) is 0 Å². The van der Waals surface area contributed by atoms with Crippen LogP contribution in [0.25, 0.3) is 0 Å². The summed E-state index contributed by atoms with van der Waals surface area (Å²) in [7, 11) is 1.62. The van der Waals surface area contributed by atoms with Gasteiger partial charge in [-0.05, 0) is 5.56 Å². The molecule has 2 saturated heterocycles. The Balaban J connectivity index is 1.64. The monoisotopic (exact) mass is 265 g/mol. The number of benzene rings is 1. The Morgan fingerprint density at radius 2 is 2.11 bits per heavy atom. The standard InChI is InChI=1S/C14H19NO4/c1-17-14-11-13(12(19-14)10(7-16)15-11)18-8-9-5-3-2-4-6-9/h2-6,10-16H,7-8H2,1H3/t10-,11+,12-,13-,14+/m1/s1. The van der Waals surface area contributed by atoms with Gasteiger partial charge in [-0.25, -0.2) is 0 Å². The molecule has 1 aromatic rings. The van der Waals surface area contributed by atoms with Crippen LogP contribution in [0.3, 0.4) is 0 Å². The molecule has 2 heterocycles. The SMILES string of the molecule is CO[C@H]1O[C@H]2[C@H](OCc3ccccc3)[C@@H]1N[C@@H]2CO. The molecule has 0 unspecified atom stereocenters. The fourth-order valence-corrected chi connectivity index (χ4v) is 2.84. The topological polar surface area (TPSA) is 60.0 Å². The van der Waals surface area contributed by atoms with E-state index in [0.717, 1.165) is 5.56 Å². The minimum Gasteiger partial charge on any atom is -0.395 e. The van der Waals surface area contributed by atoms with Crippen molar-refractivity contribution in [2.24, 2.45) is 0 Å². The number of fused-ring (bicyclic) bond motifs is 2. The van der Waals surface area contributed by atoms with Crippen molar-refractivity contribution in [3.05, 3.63) is 35.9 Å². The lowest BCUT2D eigenvalue weighted by atomic mass is 10.1. The third-order valence-corrected chi connectivity index (χ3v) is 3.78. The van der Waals surface area contributed by atoms with Crippen molar-refractivity contribution in [2.45, 2.75) is 37.2 Å². The van der Waals surface area contributed by atoms with Crippen LogP contribution >= 0.6 is 0 Å². The summed E-state index contributed by atoms with van der Waals surface area (Å²) < 4.78 is 17.0. The average molecular weight is 265 g/mol. The van der Waals surface area contributed by atoms with E-state index in [0.29, 0.717) is 6.61 Å². The number of aliphatic hydroxyl groups excluding tert-OH is 1. The summed E-state index contributed by atoms with van der Waals surface area (Å²) in [5, 5.41) is 12.6. The predicted octanol–water partition coefficient (Wildman–Crippen LogP) is 0.276. The summed E-state index contributed by atoms with van der Waals surface area (Å²) in [6, 6.07) is 9.94. The summed E-state index contributed by atoms with van der Waals surface area (Å²) in [6.07, 6.45) is -0.528. The lowest BCUT2D eigenvalue weighted by Crippen LogP contribution is -2.49. The van der Waals surface area contributed by atoms with Gasteiger partial charge in [-0.3, -0.25) is 5.32 Å². The van der Waals surface area contributed by atoms with Crippen LogP contribution in [-0.4, -0.2) is 49.4 Å². The van der Waals surface area contributed by atoms with E-state index in [1.807, 2.05) is 30.3 Å². The van der Waals surface area contributed by atoms with Crippen molar-refractivity contribution in [1.29, 1.82) is 0 Å². The lowest BCUT2D eigenvalue weighted by Gasteiger charge is -2.26. The van der Waals surface area contributed by atoms with Gasteiger partial charge < -0.3 is 19.3 Å². The molecule has 0 radical (unpaired) electrons. The zero-order valence-electron chi connectivity index (χ0n) is 10.9. The van der Waals surface area contributed by atoms with Crippen molar-refractivity contribution in [1.82, 2.24) is 5.32 Å². The van der Waals surface area contributed by atoms with Gasteiger partial charge >= 0.3 is 0 Å². The Hall–Kier alpha value is -0.980. The van der Waals surface area contributed by atoms with E-state index in [2.05, 4.69) is 5.32 Å². The molecule has 19 heavy (non-hydrogen) atoms. The van der Waals surface area contributed by atoms with Gasteiger partial charge in [-0.1, -0.05) is 30.3 Å². The Bertz CT molecular complexity index is 395. The zero-order chi connectivity index (χ0) is 13.2. The number of rotatable bonds is 5. The maximum absolute atomic E-state index is 9.31. The fraction of sp³-hybridized carbons (Fsp3) is 0.571. The van der Waals surface area contributed by atoms with E-state index in [1.165, 1.54) is 0 Å². The second-order valence-corrected chi connectivity index (χ2v) is 4.95. The van der Waals surface area contributed by atoms with Gasteiger partial charge in [0, 0.05) is 7.11 Å². The molecule has 5 nitrogen and oxygen atoms in total. The molecular weight excluding hydrogens is 246 g/mol. The van der Waals surface area contributed by atoms with E-state index in [-0.39, 0.29) is 37.2 Å². The van der Waals surface area contributed by atoms with Crippen LogP contribution in [0, 0.1) is 0 Å². The van der Waals surface area contributed by atoms with Crippen LogP contribution < -0.4 is 5.32 Å². The van der Waals surface area contributed by atoms with Gasteiger partial charge in [-0.2, -0.15) is 0 Å². The van der Waals surface area contributed by atoms with Crippen molar-refractivity contribution in [3.8, 4) is 0 Å². The quantitative estimate of drug-likeness (QED) is 0.800.